The van der Waals surface area contributed by atoms with Gasteiger partial charge in [0.1, 0.15) is 18.2 Å². The summed E-state index contributed by atoms with van der Waals surface area (Å²) in [5, 5.41) is 6.47. The molecular formula is C31H33F3N6O5S. The number of carboxylic acids is 1. The van der Waals surface area contributed by atoms with E-state index in [0.717, 1.165) is 38.7 Å². The third-order valence-electron chi connectivity index (χ3n) is 6.70. The van der Waals surface area contributed by atoms with E-state index >= 15 is 0 Å². The molecule has 4 N–H and O–H groups in total. The number of benzene rings is 3. The number of fused-ring (bicyclic) bond motifs is 1. The molecule has 2 aromatic heterocycles. The molecule has 0 atom stereocenters. The molecule has 0 unspecified atom stereocenters. The number of aliphatic carboxylic acids is 1. The van der Waals surface area contributed by atoms with Crippen molar-refractivity contribution in [2.24, 2.45) is 0 Å². The minimum atomic E-state index is -5.08. The molecule has 0 saturated heterocycles. The van der Waals surface area contributed by atoms with Crippen LogP contribution in [0, 0.1) is 0 Å². The maximum Gasteiger partial charge on any atom is 0.490 e. The Hall–Kier alpha value is -4.89. The van der Waals surface area contributed by atoms with Crippen molar-refractivity contribution in [3.05, 3.63) is 72.8 Å². The van der Waals surface area contributed by atoms with Gasteiger partial charge < -0.3 is 25.5 Å². The van der Waals surface area contributed by atoms with Crippen LogP contribution in [0.1, 0.15) is 13.8 Å². The second-order valence-corrected chi connectivity index (χ2v) is 13.0. The van der Waals surface area contributed by atoms with Crippen molar-refractivity contribution in [3.8, 4) is 39.7 Å². The maximum atomic E-state index is 13.1. The first-order valence-electron chi connectivity index (χ1n) is 14.0. The fourth-order valence-electron chi connectivity index (χ4n) is 4.29. The van der Waals surface area contributed by atoms with Crippen LogP contribution in [-0.2, 0) is 14.8 Å². The van der Waals surface area contributed by atoms with Crippen molar-refractivity contribution < 1.29 is 36.2 Å². The molecule has 0 amide bonds. The maximum absolute atomic E-state index is 13.1. The summed E-state index contributed by atoms with van der Waals surface area (Å²) in [6.45, 7) is 4.68. The second kappa shape index (κ2) is 13.6. The Labute approximate surface area is 263 Å². The van der Waals surface area contributed by atoms with E-state index in [4.69, 9.17) is 25.4 Å². The molecule has 0 saturated carbocycles. The number of hydrogen-bond donors (Lipinski definition) is 3. The second-order valence-electron chi connectivity index (χ2n) is 10.7. The molecule has 11 nitrogen and oxygen atoms in total. The summed E-state index contributed by atoms with van der Waals surface area (Å²) in [6.07, 6.45) is -5.08. The normalized spacial score (nSPS) is 11.9. The first-order valence-corrected chi connectivity index (χ1v) is 15.5. The molecule has 15 heteroatoms. The minimum Gasteiger partial charge on any atom is -0.492 e. The van der Waals surface area contributed by atoms with Gasteiger partial charge in [-0.1, -0.05) is 36.4 Å². The fraction of sp³-hybridized carbons (Fsp3) is 0.258. The smallest absolute Gasteiger partial charge is 0.490 e. The topological polar surface area (TPSA) is 156 Å². The van der Waals surface area contributed by atoms with Crippen LogP contribution in [0.25, 0.3) is 44.9 Å². The molecule has 46 heavy (non-hydrogen) atoms. The van der Waals surface area contributed by atoms with Gasteiger partial charge >= 0.3 is 12.1 Å². The largest absolute Gasteiger partial charge is 0.492 e. The van der Waals surface area contributed by atoms with Crippen molar-refractivity contribution in [1.82, 2.24) is 23.8 Å². The number of alkyl halides is 3. The van der Waals surface area contributed by atoms with E-state index in [1.165, 1.54) is 0 Å². The zero-order valence-corrected chi connectivity index (χ0v) is 26.2. The molecule has 0 spiro atoms. The van der Waals surface area contributed by atoms with Gasteiger partial charge in [-0.3, -0.25) is 0 Å². The number of aromatic amines is 1. The Morgan fingerprint density at radius 3 is 2.17 bits per heavy atom. The van der Waals surface area contributed by atoms with Crippen LogP contribution in [0.5, 0.6) is 5.75 Å². The Morgan fingerprint density at radius 1 is 1.00 bits per heavy atom. The van der Waals surface area contributed by atoms with Crippen LogP contribution in [0.3, 0.4) is 0 Å². The predicted molar refractivity (Wildman–Crippen MR) is 170 cm³/mol. The van der Waals surface area contributed by atoms with Crippen LogP contribution in [-0.4, -0.2) is 82.0 Å². The molecule has 0 radical (unpaired) electrons. The standard InChI is InChI=1S/C29H32N6O3S.C2HF3O2/c1-19(2)39(36,37)35-25-18-22(12-15-24(25)31-29(35)30)27-26(20-8-6-5-7-9-20)32-28(33-27)21-10-13-23(14-11-21)38-17-16-34(3)4;3-2(4,5)1(6)7/h5-15,18-19H,16-17H2,1-4H3,(H2,30,31)(H,32,33);(H,6,7). The summed E-state index contributed by atoms with van der Waals surface area (Å²) in [4.78, 5) is 23.7. The number of halogens is 3. The van der Waals surface area contributed by atoms with Crippen LogP contribution in [0.2, 0.25) is 0 Å². The highest BCUT2D eigenvalue weighted by Gasteiger charge is 2.38. The zero-order valence-electron chi connectivity index (χ0n) is 25.4. The van der Waals surface area contributed by atoms with E-state index in [2.05, 4.69) is 14.9 Å². The minimum absolute atomic E-state index is 0.0604. The van der Waals surface area contributed by atoms with Gasteiger partial charge in [0.2, 0.25) is 16.0 Å². The highest BCUT2D eigenvalue weighted by atomic mass is 32.2. The molecular weight excluding hydrogens is 625 g/mol. The summed E-state index contributed by atoms with van der Waals surface area (Å²) in [5.74, 6) is -1.34. The molecule has 5 aromatic rings. The number of nitrogens with one attached hydrogen (secondary N) is 1. The van der Waals surface area contributed by atoms with Crippen molar-refractivity contribution in [2.45, 2.75) is 25.3 Å². The third kappa shape index (κ3) is 7.66. The van der Waals surface area contributed by atoms with Gasteiger partial charge in [0, 0.05) is 23.2 Å². The van der Waals surface area contributed by atoms with E-state index in [1.54, 1.807) is 26.0 Å². The number of aromatic nitrogens is 4. The highest BCUT2D eigenvalue weighted by molar-refractivity contribution is 7.90. The Balaban J connectivity index is 0.000000617. The average Bonchev–Trinajstić information content (AvgIpc) is 3.58. The molecule has 0 aliphatic rings. The van der Waals surface area contributed by atoms with Crippen LogP contribution in [0.15, 0.2) is 72.8 Å². The van der Waals surface area contributed by atoms with E-state index in [0.29, 0.717) is 29.2 Å². The van der Waals surface area contributed by atoms with E-state index in [1.807, 2.05) is 74.8 Å². The Bertz CT molecular complexity index is 1920. The van der Waals surface area contributed by atoms with Crippen molar-refractivity contribution in [2.75, 3.05) is 33.0 Å². The lowest BCUT2D eigenvalue weighted by atomic mass is 10.0. The predicted octanol–water partition coefficient (Wildman–Crippen LogP) is 5.50. The van der Waals surface area contributed by atoms with Gasteiger partial charge in [0.15, 0.2) is 0 Å². The zero-order chi connectivity index (χ0) is 33.8. The van der Waals surface area contributed by atoms with Gasteiger partial charge in [-0.15, -0.1) is 0 Å². The van der Waals surface area contributed by atoms with Gasteiger partial charge in [-0.2, -0.15) is 13.2 Å². The molecule has 0 aliphatic heterocycles. The highest BCUT2D eigenvalue weighted by Crippen LogP contribution is 2.35. The number of imidazole rings is 2. The van der Waals surface area contributed by atoms with Crippen LogP contribution >= 0.6 is 0 Å². The average molecular weight is 659 g/mol. The number of nitrogen functional groups attached to an aromatic ring is 1. The lowest BCUT2D eigenvalue weighted by Crippen LogP contribution is -2.23. The van der Waals surface area contributed by atoms with Gasteiger partial charge in [-0.25, -0.2) is 27.2 Å². The lowest BCUT2D eigenvalue weighted by molar-refractivity contribution is -0.192. The number of carboxylic acid groups (broad SMARTS) is 1. The number of hydrogen-bond acceptors (Lipinski definition) is 8. The number of anilines is 1. The van der Waals surface area contributed by atoms with Gasteiger partial charge in [0.05, 0.1) is 27.7 Å². The number of ether oxygens (including phenoxy) is 1. The molecule has 5 rings (SSSR count). The lowest BCUT2D eigenvalue weighted by Gasteiger charge is -2.11. The molecule has 0 fully saturated rings. The fourth-order valence-corrected chi connectivity index (χ4v) is 5.43. The molecule has 0 aliphatic carbocycles. The Kier molecular flexibility index (Phi) is 10.1. The molecule has 0 bridgehead atoms. The SMILES string of the molecule is CC(C)S(=O)(=O)n1c(N)nc2ccc(-c3nc(-c4ccc(OCCN(C)C)cc4)[nH]c3-c3ccccc3)cc21.O=C(O)C(F)(F)F. The number of nitrogens with zero attached hydrogens (tertiary/aromatic N) is 4. The van der Waals surface area contributed by atoms with E-state index in [-0.39, 0.29) is 5.95 Å². The number of carbonyl (C=O) groups is 1. The van der Waals surface area contributed by atoms with Crippen LogP contribution in [0.4, 0.5) is 19.1 Å². The Morgan fingerprint density at radius 2 is 1.61 bits per heavy atom. The van der Waals surface area contributed by atoms with Gasteiger partial charge in [-0.05, 0) is 64.3 Å². The molecule has 244 valence electrons. The number of likely N-dealkylation sites (N-methyl/N-ethyl adjacent to an activating group) is 1. The van der Waals surface area contributed by atoms with Crippen LogP contribution < -0.4 is 10.5 Å². The van der Waals surface area contributed by atoms with E-state index < -0.39 is 27.4 Å². The van der Waals surface area contributed by atoms with E-state index in [9.17, 15) is 21.6 Å². The molecule has 3 aromatic carbocycles. The molecule has 2 heterocycles. The number of H-pyrrole nitrogens is 1. The quantitative estimate of drug-likeness (QED) is 0.186. The summed E-state index contributed by atoms with van der Waals surface area (Å²) in [7, 11) is 0.299. The first kappa shape index (κ1) is 34.0. The summed E-state index contributed by atoms with van der Waals surface area (Å²) in [5.41, 5.74) is 11.1. The van der Waals surface area contributed by atoms with Crippen molar-refractivity contribution in [3.63, 3.8) is 0 Å². The van der Waals surface area contributed by atoms with Crippen molar-refractivity contribution >= 4 is 33.0 Å². The van der Waals surface area contributed by atoms with Crippen molar-refractivity contribution in [1.29, 1.82) is 0 Å². The number of nitrogens with two attached hydrogens (primary N) is 1. The summed E-state index contributed by atoms with van der Waals surface area (Å²) >= 11 is 0. The summed E-state index contributed by atoms with van der Waals surface area (Å²) < 4.78 is 64.9. The third-order valence-corrected chi connectivity index (χ3v) is 8.79. The first-order chi connectivity index (χ1) is 21.6. The van der Waals surface area contributed by atoms with Gasteiger partial charge in [0.25, 0.3) is 0 Å². The number of rotatable bonds is 9. The summed E-state index contributed by atoms with van der Waals surface area (Å²) in [6, 6.07) is 23.1. The monoisotopic (exact) mass is 658 g/mol.